The number of aliphatic carboxylic acids is 1. The fraction of sp³-hybridized carbons (Fsp3) is 0.250. The Kier molecular flexibility index (Phi) is 4.33. The molecule has 0 saturated carbocycles. The van der Waals surface area contributed by atoms with E-state index in [0.29, 0.717) is 16.5 Å². The van der Waals surface area contributed by atoms with Crippen LogP contribution in [0.4, 0.5) is 8.78 Å². The van der Waals surface area contributed by atoms with Gasteiger partial charge in [0, 0.05) is 13.5 Å². The summed E-state index contributed by atoms with van der Waals surface area (Å²) in [6, 6.07) is 3.60. The molecule has 0 radical (unpaired) electrons. The van der Waals surface area contributed by atoms with E-state index in [-0.39, 0.29) is 12.2 Å². The second-order valence-corrected chi connectivity index (χ2v) is 4.98. The predicted octanol–water partition coefficient (Wildman–Crippen LogP) is 1.86. The molecule has 0 atom stereocenters. The summed E-state index contributed by atoms with van der Waals surface area (Å²) in [5, 5.41) is 13.2. The summed E-state index contributed by atoms with van der Waals surface area (Å²) in [6.07, 6.45) is 0.249. The Hall–Kier alpha value is -1.96. The highest BCUT2D eigenvalue weighted by molar-refractivity contribution is 7.99. The minimum atomic E-state index is -0.944. The van der Waals surface area contributed by atoms with E-state index >= 15 is 0 Å². The first kappa shape index (κ1) is 14.4. The molecule has 0 aliphatic heterocycles. The molecule has 1 aromatic heterocycles. The van der Waals surface area contributed by atoms with Crippen molar-refractivity contribution in [1.29, 1.82) is 0 Å². The van der Waals surface area contributed by atoms with Crippen molar-refractivity contribution in [2.75, 3.05) is 5.75 Å². The van der Waals surface area contributed by atoms with Crippen LogP contribution in [-0.4, -0.2) is 31.6 Å². The van der Waals surface area contributed by atoms with Gasteiger partial charge >= 0.3 is 5.97 Å². The molecule has 0 aliphatic carbocycles. The van der Waals surface area contributed by atoms with Crippen molar-refractivity contribution in [3.05, 3.63) is 41.2 Å². The molecule has 2 aromatic rings. The first-order chi connectivity index (χ1) is 9.45. The average Bonchev–Trinajstić information content (AvgIpc) is 2.72. The summed E-state index contributed by atoms with van der Waals surface area (Å²) in [5.41, 5.74) is 0.546. The van der Waals surface area contributed by atoms with Crippen molar-refractivity contribution < 1.29 is 18.7 Å². The lowest BCUT2D eigenvalue weighted by molar-refractivity contribution is -0.133. The highest BCUT2D eigenvalue weighted by Gasteiger charge is 2.11. The summed E-state index contributed by atoms with van der Waals surface area (Å²) in [6.45, 7) is 0. The quantitative estimate of drug-likeness (QED) is 0.854. The van der Waals surface area contributed by atoms with Crippen LogP contribution in [0.1, 0.15) is 11.4 Å². The molecule has 0 fully saturated rings. The highest BCUT2D eigenvalue weighted by atomic mass is 32.2. The summed E-state index contributed by atoms with van der Waals surface area (Å²) in [4.78, 5) is 14.7. The number of hydrogen-bond donors (Lipinski definition) is 1. The zero-order valence-corrected chi connectivity index (χ0v) is 11.3. The predicted molar refractivity (Wildman–Crippen MR) is 68.5 cm³/mol. The van der Waals surface area contributed by atoms with Crippen LogP contribution in [0.25, 0.3) is 0 Å². The second kappa shape index (κ2) is 6.00. The Balaban J connectivity index is 2.11. The first-order valence-electron chi connectivity index (χ1n) is 5.64. The van der Waals surface area contributed by atoms with E-state index in [2.05, 4.69) is 10.1 Å². The molecular formula is C12H11F2N3O2S. The molecule has 0 spiro atoms. The molecule has 0 saturated heterocycles. The van der Waals surface area contributed by atoms with Crippen LogP contribution in [0.5, 0.6) is 0 Å². The van der Waals surface area contributed by atoms with Gasteiger partial charge in [0.05, 0.1) is 5.75 Å². The van der Waals surface area contributed by atoms with Gasteiger partial charge in [-0.15, -0.1) is 0 Å². The van der Waals surface area contributed by atoms with Gasteiger partial charge in [0.25, 0.3) is 0 Å². The number of rotatable bonds is 5. The molecule has 8 heteroatoms. The third kappa shape index (κ3) is 3.53. The smallest absolute Gasteiger partial charge is 0.313 e. The molecule has 5 nitrogen and oxygen atoms in total. The molecule has 0 bridgehead atoms. The summed E-state index contributed by atoms with van der Waals surface area (Å²) in [7, 11) is 1.64. The monoisotopic (exact) mass is 299 g/mol. The van der Waals surface area contributed by atoms with Gasteiger partial charge in [-0.25, -0.2) is 18.4 Å². The summed E-state index contributed by atoms with van der Waals surface area (Å²) < 4.78 is 27.4. The van der Waals surface area contributed by atoms with E-state index in [4.69, 9.17) is 5.11 Å². The Bertz CT molecular complexity index is 646. The minimum Gasteiger partial charge on any atom is -0.481 e. The van der Waals surface area contributed by atoms with Gasteiger partial charge in [-0.3, -0.25) is 4.79 Å². The van der Waals surface area contributed by atoms with Crippen LogP contribution in [0.3, 0.4) is 0 Å². The molecule has 1 heterocycles. The van der Waals surface area contributed by atoms with Crippen molar-refractivity contribution in [3.8, 4) is 0 Å². The lowest BCUT2D eigenvalue weighted by Gasteiger charge is -1.98. The lowest BCUT2D eigenvalue weighted by atomic mass is 10.1. The minimum absolute atomic E-state index is 0.114. The molecule has 1 aromatic carbocycles. The number of carbonyl (C=O) groups is 1. The standard InChI is InChI=1S/C12H11F2N3O2S/c1-17-12(20-6-11(18)19)15-10(16-17)5-7-2-3-8(13)9(14)4-7/h2-4H,5-6H2,1H3,(H,18,19). The topological polar surface area (TPSA) is 68.0 Å². The Labute approximate surface area is 117 Å². The Morgan fingerprint density at radius 1 is 1.40 bits per heavy atom. The van der Waals surface area contributed by atoms with Crippen LogP contribution in [0, 0.1) is 11.6 Å². The molecular weight excluding hydrogens is 288 g/mol. The average molecular weight is 299 g/mol. The third-order valence-corrected chi connectivity index (χ3v) is 3.44. The number of aromatic nitrogens is 3. The number of carboxylic acids is 1. The fourth-order valence-corrected chi connectivity index (χ4v) is 2.23. The normalized spacial score (nSPS) is 10.8. The van der Waals surface area contributed by atoms with Gasteiger partial charge in [-0.2, -0.15) is 5.10 Å². The maximum Gasteiger partial charge on any atom is 0.313 e. The van der Waals surface area contributed by atoms with Gasteiger partial charge in [-0.1, -0.05) is 17.8 Å². The van der Waals surface area contributed by atoms with Crippen molar-refractivity contribution in [3.63, 3.8) is 0 Å². The number of thioether (sulfide) groups is 1. The van der Waals surface area contributed by atoms with E-state index in [1.165, 1.54) is 10.7 Å². The number of hydrogen-bond acceptors (Lipinski definition) is 4. The largest absolute Gasteiger partial charge is 0.481 e. The van der Waals surface area contributed by atoms with Crippen LogP contribution in [0.15, 0.2) is 23.4 Å². The fourth-order valence-electron chi connectivity index (χ4n) is 1.58. The zero-order chi connectivity index (χ0) is 14.7. The third-order valence-electron chi connectivity index (χ3n) is 2.44. The number of aryl methyl sites for hydroxylation is 1. The molecule has 2 rings (SSSR count). The molecule has 0 aliphatic rings. The van der Waals surface area contributed by atoms with E-state index in [0.717, 1.165) is 23.9 Å². The number of halogens is 2. The van der Waals surface area contributed by atoms with Crippen molar-refractivity contribution in [2.45, 2.75) is 11.6 Å². The van der Waals surface area contributed by atoms with Crippen LogP contribution in [0.2, 0.25) is 0 Å². The van der Waals surface area contributed by atoms with Crippen LogP contribution < -0.4 is 0 Å². The van der Waals surface area contributed by atoms with Crippen molar-refractivity contribution in [2.24, 2.45) is 7.05 Å². The zero-order valence-electron chi connectivity index (χ0n) is 10.5. The van der Waals surface area contributed by atoms with Gasteiger partial charge in [-0.05, 0) is 17.7 Å². The maximum absolute atomic E-state index is 13.1. The van der Waals surface area contributed by atoms with Crippen molar-refractivity contribution in [1.82, 2.24) is 14.8 Å². The summed E-state index contributed by atoms with van der Waals surface area (Å²) >= 11 is 1.05. The van der Waals surface area contributed by atoms with Gasteiger partial charge in [0.2, 0.25) is 0 Å². The number of carboxylic acid groups (broad SMARTS) is 1. The van der Waals surface area contributed by atoms with E-state index in [9.17, 15) is 13.6 Å². The molecule has 0 unspecified atom stereocenters. The highest BCUT2D eigenvalue weighted by Crippen LogP contribution is 2.17. The van der Waals surface area contributed by atoms with E-state index in [1.54, 1.807) is 7.05 Å². The molecule has 0 amide bonds. The molecule has 106 valence electrons. The van der Waals surface area contributed by atoms with E-state index < -0.39 is 17.6 Å². The van der Waals surface area contributed by atoms with Gasteiger partial charge in [0.1, 0.15) is 0 Å². The SMILES string of the molecule is Cn1nc(Cc2ccc(F)c(F)c2)nc1SCC(=O)O. The van der Waals surface area contributed by atoms with Crippen molar-refractivity contribution >= 4 is 17.7 Å². The molecule has 1 N–H and O–H groups in total. The number of nitrogens with zero attached hydrogens (tertiary/aromatic N) is 3. The van der Waals surface area contributed by atoms with Gasteiger partial charge < -0.3 is 5.11 Å². The first-order valence-corrected chi connectivity index (χ1v) is 6.62. The number of benzene rings is 1. The Morgan fingerprint density at radius 3 is 2.80 bits per heavy atom. The second-order valence-electron chi connectivity index (χ2n) is 4.04. The summed E-state index contributed by atoms with van der Waals surface area (Å²) in [5.74, 6) is -2.46. The Morgan fingerprint density at radius 2 is 2.15 bits per heavy atom. The molecule has 20 heavy (non-hydrogen) atoms. The van der Waals surface area contributed by atoms with Gasteiger partial charge in [0.15, 0.2) is 22.6 Å². The van der Waals surface area contributed by atoms with Crippen LogP contribution in [-0.2, 0) is 18.3 Å². The maximum atomic E-state index is 13.1. The van der Waals surface area contributed by atoms with E-state index in [1.807, 2.05) is 0 Å². The van der Waals surface area contributed by atoms with Crippen LogP contribution >= 0.6 is 11.8 Å². The lowest BCUT2D eigenvalue weighted by Crippen LogP contribution is -2.00.